The highest BCUT2D eigenvalue weighted by atomic mass is 32.2. The third-order valence-corrected chi connectivity index (χ3v) is 7.08. The Morgan fingerprint density at radius 1 is 0.889 bits per heavy atom. The summed E-state index contributed by atoms with van der Waals surface area (Å²) in [6.07, 6.45) is 1.65. The Bertz CT molecular complexity index is 1380. The quantitative estimate of drug-likeness (QED) is 0.154. The third-order valence-electron chi connectivity index (χ3n) is 5.17. The van der Waals surface area contributed by atoms with Crippen molar-refractivity contribution in [3.8, 4) is 0 Å². The van der Waals surface area contributed by atoms with Gasteiger partial charge >= 0.3 is 0 Å². The molecule has 0 aliphatic carbocycles. The molecular formula is C29H24N2O3S2. The summed E-state index contributed by atoms with van der Waals surface area (Å²) in [4.78, 5) is 39.9. The van der Waals surface area contributed by atoms with Gasteiger partial charge in [0.05, 0.1) is 10.6 Å². The van der Waals surface area contributed by atoms with Gasteiger partial charge < -0.3 is 10.6 Å². The maximum atomic E-state index is 13.2. The highest BCUT2D eigenvalue weighted by Crippen LogP contribution is 2.24. The molecule has 1 heterocycles. The zero-order valence-corrected chi connectivity index (χ0v) is 21.2. The van der Waals surface area contributed by atoms with Crippen LogP contribution in [0, 0.1) is 6.92 Å². The second-order valence-electron chi connectivity index (χ2n) is 7.96. The lowest BCUT2D eigenvalue weighted by Crippen LogP contribution is -2.30. The number of thioether (sulfide) groups is 1. The van der Waals surface area contributed by atoms with Crippen LogP contribution in [0.15, 0.2) is 107 Å². The van der Waals surface area contributed by atoms with E-state index in [9.17, 15) is 14.4 Å². The van der Waals surface area contributed by atoms with Gasteiger partial charge in [-0.1, -0.05) is 60.2 Å². The molecule has 0 saturated heterocycles. The Balaban J connectivity index is 1.49. The molecule has 36 heavy (non-hydrogen) atoms. The molecule has 1 aromatic heterocycles. The predicted molar refractivity (Wildman–Crippen MR) is 148 cm³/mol. The number of benzene rings is 3. The topological polar surface area (TPSA) is 75.3 Å². The van der Waals surface area contributed by atoms with E-state index in [2.05, 4.69) is 10.6 Å². The Kier molecular flexibility index (Phi) is 8.49. The van der Waals surface area contributed by atoms with Gasteiger partial charge in [-0.2, -0.15) is 0 Å². The van der Waals surface area contributed by atoms with Gasteiger partial charge in [0.25, 0.3) is 11.8 Å². The van der Waals surface area contributed by atoms with Crippen LogP contribution in [-0.2, 0) is 4.79 Å². The number of hydrogen-bond donors (Lipinski definition) is 2. The number of aryl methyl sites for hydroxylation is 1. The second kappa shape index (κ2) is 12.2. The fraction of sp³-hybridized carbons (Fsp3) is 0.0690. The Morgan fingerprint density at radius 2 is 1.67 bits per heavy atom. The zero-order chi connectivity index (χ0) is 25.3. The van der Waals surface area contributed by atoms with Crippen LogP contribution in [0.2, 0.25) is 0 Å². The molecule has 0 spiro atoms. The first-order valence-corrected chi connectivity index (χ1v) is 13.1. The molecule has 7 heteroatoms. The molecule has 4 aromatic rings. The van der Waals surface area contributed by atoms with Crippen molar-refractivity contribution in [1.29, 1.82) is 0 Å². The zero-order valence-electron chi connectivity index (χ0n) is 19.6. The number of carbonyl (C=O) groups is 3. The molecule has 0 saturated carbocycles. The molecule has 2 N–H and O–H groups in total. The van der Waals surface area contributed by atoms with Crippen LogP contribution in [0.25, 0.3) is 6.08 Å². The molecule has 0 atom stereocenters. The van der Waals surface area contributed by atoms with Gasteiger partial charge in [0, 0.05) is 16.1 Å². The van der Waals surface area contributed by atoms with Crippen molar-refractivity contribution >= 4 is 52.5 Å². The van der Waals surface area contributed by atoms with Gasteiger partial charge in [-0.3, -0.25) is 14.4 Å². The number of hydrogen-bond acceptors (Lipinski definition) is 5. The van der Waals surface area contributed by atoms with Crippen LogP contribution >= 0.6 is 23.1 Å². The normalized spacial score (nSPS) is 11.1. The summed E-state index contributed by atoms with van der Waals surface area (Å²) in [7, 11) is 0. The summed E-state index contributed by atoms with van der Waals surface area (Å²) in [5.41, 5.74) is 3.03. The number of ketones is 1. The summed E-state index contributed by atoms with van der Waals surface area (Å²) in [5, 5.41) is 7.50. The summed E-state index contributed by atoms with van der Waals surface area (Å²) in [6.45, 7) is 1.98. The second-order valence-corrected chi connectivity index (χ2v) is 9.96. The molecule has 180 valence electrons. The van der Waals surface area contributed by atoms with Gasteiger partial charge in [-0.15, -0.1) is 23.1 Å². The van der Waals surface area contributed by atoms with Crippen LogP contribution in [0.3, 0.4) is 0 Å². The van der Waals surface area contributed by atoms with Gasteiger partial charge in [-0.25, -0.2) is 0 Å². The molecule has 0 fully saturated rings. The lowest BCUT2D eigenvalue weighted by Gasteiger charge is -2.12. The van der Waals surface area contributed by atoms with E-state index >= 15 is 0 Å². The highest BCUT2D eigenvalue weighted by Gasteiger charge is 2.15. The third kappa shape index (κ3) is 7.04. The van der Waals surface area contributed by atoms with Gasteiger partial charge in [0.15, 0.2) is 5.78 Å². The number of nitrogens with one attached hydrogen (secondary N) is 2. The molecule has 3 aromatic carbocycles. The minimum absolute atomic E-state index is 0.0661. The van der Waals surface area contributed by atoms with E-state index < -0.39 is 5.91 Å². The largest absolute Gasteiger partial charge is 0.321 e. The highest BCUT2D eigenvalue weighted by molar-refractivity contribution is 8.00. The first kappa shape index (κ1) is 25.2. The van der Waals surface area contributed by atoms with E-state index in [4.69, 9.17) is 0 Å². The standard InChI is InChI=1S/C29H24N2O3S2/c1-20-12-14-21(15-13-20)17-25(31-28(33)22-7-3-2-4-8-22)29(34)30-23-9-5-10-24(18-23)36-19-26(32)27-11-6-16-35-27/h2-18H,19H2,1H3,(H,30,34)(H,31,33)/b25-17-. The van der Waals surface area contributed by atoms with Crippen molar-refractivity contribution in [2.45, 2.75) is 11.8 Å². The summed E-state index contributed by atoms with van der Waals surface area (Å²) >= 11 is 2.83. The van der Waals surface area contributed by atoms with E-state index in [-0.39, 0.29) is 17.4 Å². The molecule has 0 bridgehead atoms. The van der Waals surface area contributed by atoms with E-state index in [0.717, 1.165) is 20.9 Å². The van der Waals surface area contributed by atoms with E-state index in [1.165, 1.54) is 23.1 Å². The van der Waals surface area contributed by atoms with Crippen molar-refractivity contribution in [1.82, 2.24) is 5.32 Å². The minimum atomic E-state index is -0.448. The van der Waals surface area contributed by atoms with Gasteiger partial charge in [-0.05, 0) is 60.3 Å². The van der Waals surface area contributed by atoms with E-state index in [1.54, 1.807) is 36.4 Å². The lowest BCUT2D eigenvalue weighted by atomic mass is 10.1. The van der Waals surface area contributed by atoms with Crippen molar-refractivity contribution in [3.05, 3.63) is 124 Å². The number of amides is 2. The molecule has 0 aliphatic rings. The van der Waals surface area contributed by atoms with Crippen molar-refractivity contribution in [2.24, 2.45) is 0 Å². The van der Waals surface area contributed by atoms with Crippen molar-refractivity contribution < 1.29 is 14.4 Å². The monoisotopic (exact) mass is 512 g/mol. The maximum Gasteiger partial charge on any atom is 0.272 e. The van der Waals surface area contributed by atoms with Gasteiger partial charge in [0.2, 0.25) is 0 Å². The lowest BCUT2D eigenvalue weighted by molar-refractivity contribution is -0.113. The van der Waals surface area contributed by atoms with Gasteiger partial charge in [0.1, 0.15) is 5.70 Å². The van der Waals surface area contributed by atoms with Crippen LogP contribution in [0.4, 0.5) is 5.69 Å². The number of Topliss-reactive ketones (excluding diaryl/α,β-unsaturated/α-hetero) is 1. The minimum Gasteiger partial charge on any atom is -0.321 e. The average molecular weight is 513 g/mol. The molecule has 0 unspecified atom stereocenters. The summed E-state index contributed by atoms with van der Waals surface area (Å²) < 4.78 is 0. The van der Waals surface area contributed by atoms with Crippen LogP contribution < -0.4 is 10.6 Å². The van der Waals surface area contributed by atoms with Crippen LogP contribution in [-0.4, -0.2) is 23.4 Å². The smallest absolute Gasteiger partial charge is 0.272 e. The number of anilines is 1. The average Bonchev–Trinajstić information content (AvgIpc) is 3.44. The molecular weight excluding hydrogens is 488 g/mol. The Morgan fingerprint density at radius 3 is 2.39 bits per heavy atom. The SMILES string of the molecule is Cc1ccc(/C=C(\NC(=O)c2ccccc2)C(=O)Nc2cccc(SCC(=O)c3cccs3)c2)cc1. The predicted octanol–water partition coefficient (Wildman–Crippen LogP) is 6.44. The fourth-order valence-corrected chi connectivity index (χ4v) is 4.89. The first-order valence-electron chi connectivity index (χ1n) is 11.2. The molecule has 0 radical (unpaired) electrons. The summed E-state index contributed by atoms with van der Waals surface area (Å²) in [6, 6.07) is 27.4. The number of carbonyl (C=O) groups excluding carboxylic acids is 3. The van der Waals surface area contributed by atoms with Crippen LogP contribution in [0.5, 0.6) is 0 Å². The summed E-state index contributed by atoms with van der Waals surface area (Å²) in [5.74, 6) is -0.447. The molecule has 4 rings (SSSR count). The maximum absolute atomic E-state index is 13.2. The van der Waals surface area contributed by atoms with Crippen LogP contribution in [0.1, 0.15) is 31.2 Å². The molecule has 0 aliphatic heterocycles. The van der Waals surface area contributed by atoms with E-state index in [0.29, 0.717) is 17.0 Å². The Labute approximate surface area is 218 Å². The number of rotatable bonds is 9. The van der Waals surface area contributed by atoms with Crippen molar-refractivity contribution in [2.75, 3.05) is 11.1 Å². The van der Waals surface area contributed by atoms with Crippen molar-refractivity contribution in [3.63, 3.8) is 0 Å². The Hall–Kier alpha value is -3.94. The van der Waals surface area contributed by atoms with E-state index in [1.807, 2.05) is 73.0 Å². The number of thiophene rings is 1. The first-order chi connectivity index (χ1) is 17.5. The molecule has 2 amide bonds. The fourth-order valence-electron chi connectivity index (χ4n) is 3.29. The molecule has 5 nitrogen and oxygen atoms in total.